The van der Waals surface area contributed by atoms with Crippen molar-refractivity contribution in [3.63, 3.8) is 0 Å². The molecule has 0 aromatic carbocycles. The van der Waals surface area contributed by atoms with Crippen LogP contribution < -0.4 is 0 Å². The van der Waals surface area contributed by atoms with Crippen molar-refractivity contribution in [1.29, 1.82) is 0 Å². The number of piperidine rings is 1. The van der Waals surface area contributed by atoms with Crippen molar-refractivity contribution in [2.75, 3.05) is 26.3 Å². The van der Waals surface area contributed by atoms with Crippen molar-refractivity contribution in [3.8, 4) is 0 Å². The van der Waals surface area contributed by atoms with Gasteiger partial charge in [-0.1, -0.05) is 18.5 Å². The topological polar surface area (TPSA) is 38.8 Å². The van der Waals surface area contributed by atoms with Crippen LogP contribution in [0.25, 0.3) is 0 Å². The number of carbonyl (C=O) groups is 1. The minimum atomic E-state index is -0.353. The van der Waals surface area contributed by atoms with Gasteiger partial charge < -0.3 is 14.4 Å². The molecule has 2 atom stereocenters. The molecule has 1 rings (SSSR count). The van der Waals surface area contributed by atoms with E-state index in [2.05, 4.69) is 6.92 Å². The monoisotopic (exact) mass is 221 g/mol. The maximum absolute atomic E-state index is 11.3. The number of amides is 1. The maximum atomic E-state index is 11.3. The van der Waals surface area contributed by atoms with Crippen molar-refractivity contribution < 1.29 is 14.3 Å². The number of hydrogen-bond acceptors (Lipinski definition) is 3. The Hall–Kier alpha value is -0.480. The lowest BCUT2D eigenvalue weighted by Crippen LogP contribution is -2.46. The lowest BCUT2D eigenvalue weighted by atomic mass is 9.96. The Bertz CT molecular complexity index is 200. The number of halogens is 1. The molecule has 1 fully saturated rings. The second kappa shape index (κ2) is 5.41. The predicted octanol–water partition coefficient (Wildman–Crippen LogP) is 1.68. The van der Waals surface area contributed by atoms with Crippen LogP contribution in [0.1, 0.15) is 13.3 Å². The van der Waals surface area contributed by atoms with Crippen molar-refractivity contribution in [3.05, 3.63) is 0 Å². The van der Waals surface area contributed by atoms with Gasteiger partial charge in [0, 0.05) is 13.7 Å². The van der Waals surface area contributed by atoms with E-state index in [1.54, 1.807) is 12.0 Å². The molecule has 4 nitrogen and oxygen atoms in total. The molecule has 1 amide bonds. The van der Waals surface area contributed by atoms with Gasteiger partial charge in [0.1, 0.15) is 0 Å². The molecule has 0 saturated carbocycles. The Labute approximate surface area is 89.1 Å². The summed E-state index contributed by atoms with van der Waals surface area (Å²) in [6, 6.07) is -0.0947. The van der Waals surface area contributed by atoms with E-state index >= 15 is 0 Å². The van der Waals surface area contributed by atoms with Crippen molar-refractivity contribution in [2.24, 2.45) is 5.92 Å². The number of hydrogen-bond donors (Lipinski definition) is 0. The van der Waals surface area contributed by atoms with Crippen LogP contribution in [0.15, 0.2) is 0 Å². The van der Waals surface area contributed by atoms with Gasteiger partial charge in [-0.05, 0) is 12.3 Å². The van der Waals surface area contributed by atoms with Gasteiger partial charge in [0.05, 0.1) is 12.6 Å². The number of ether oxygens (including phenoxy) is 2. The quantitative estimate of drug-likeness (QED) is 0.666. The Morgan fingerprint density at radius 3 is 2.93 bits per heavy atom. The molecule has 0 spiro atoms. The van der Waals surface area contributed by atoms with Gasteiger partial charge in [0.15, 0.2) is 6.07 Å². The van der Waals surface area contributed by atoms with Gasteiger partial charge in [-0.25, -0.2) is 4.79 Å². The van der Waals surface area contributed by atoms with E-state index in [-0.39, 0.29) is 18.3 Å². The third-order valence-corrected chi connectivity index (χ3v) is 2.74. The van der Waals surface area contributed by atoms with E-state index in [1.165, 1.54) is 0 Å². The molecule has 1 aliphatic rings. The van der Waals surface area contributed by atoms with E-state index in [0.29, 0.717) is 12.5 Å². The molecule has 0 aliphatic carbocycles. The van der Waals surface area contributed by atoms with Crippen LogP contribution >= 0.6 is 11.6 Å². The molecule has 2 unspecified atom stereocenters. The highest BCUT2D eigenvalue weighted by Gasteiger charge is 2.29. The zero-order valence-corrected chi connectivity index (χ0v) is 9.29. The molecule has 0 aromatic heterocycles. The van der Waals surface area contributed by atoms with E-state index in [9.17, 15) is 4.79 Å². The van der Waals surface area contributed by atoms with E-state index in [0.717, 1.165) is 13.0 Å². The largest absolute Gasteiger partial charge is 0.433 e. The molecule has 1 saturated heterocycles. The minimum absolute atomic E-state index is 0.0947. The molecular formula is C9H16ClNO3. The molecule has 1 heterocycles. The Kier molecular flexibility index (Phi) is 4.48. The Balaban J connectivity index is 2.45. The van der Waals surface area contributed by atoms with Crippen LogP contribution in [0.3, 0.4) is 0 Å². The third-order valence-electron chi connectivity index (χ3n) is 2.63. The summed E-state index contributed by atoms with van der Waals surface area (Å²) in [6.45, 7) is 3.43. The summed E-state index contributed by atoms with van der Waals surface area (Å²) in [4.78, 5) is 13.0. The van der Waals surface area contributed by atoms with Crippen LogP contribution in [-0.2, 0) is 9.47 Å². The number of likely N-dealkylation sites (tertiary alicyclic amines) is 1. The summed E-state index contributed by atoms with van der Waals surface area (Å²) in [5.41, 5.74) is 0. The fourth-order valence-electron chi connectivity index (χ4n) is 1.64. The normalized spacial score (nSPS) is 27.5. The second-order valence-corrected chi connectivity index (χ2v) is 3.72. The molecule has 5 heteroatoms. The van der Waals surface area contributed by atoms with Gasteiger partial charge in [-0.15, -0.1) is 0 Å². The summed E-state index contributed by atoms with van der Waals surface area (Å²) in [5.74, 6) is 0.486. The van der Waals surface area contributed by atoms with E-state index < -0.39 is 0 Å². The molecule has 0 N–H and O–H groups in total. The lowest BCUT2D eigenvalue weighted by Gasteiger charge is -2.35. The highest BCUT2D eigenvalue weighted by atomic mass is 35.5. The standard InChI is InChI=1S/C9H16ClNO3/c1-7-3-4-11(5-8(7)13-2)9(12)14-6-10/h7-8H,3-6H2,1-2H3. The van der Waals surface area contributed by atoms with Crippen LogP contribution in [0.4, 0.5) is 4.79 Å². The number of alkyl halides is 1. The number of methoxy groups -OCH3 is 1. The summed E-state index contributed by atoms with van der Waals surface area (Å²) >= 11 is 5.31. The van der Waals surface area contributed by atoms with Crippen molar-refractivity contribution >= 4 is 17.7 Å². The second-order valence-electron chi connectivity index (χ2n) is 3.51. The zero-order valence-electron chi connectivity index (χ0n) is 8.53. The SMILES string of the molecule is COC1CN(C(=O)OCCl)CCC1C. The Morgan fingerprint density at radius 2 is 2.36 bits per heavy atom. The first kappa shape index (κ1) is 11.6. The van der Waals surface area contributed by atoms with Crippen LogP contribution in [0.2, 0.25) is 0 Å². The third kappa shape index (κ3) is 2.75. The fraction of sp³-hybridized carbons (Fsp3) is 0.889. The van der Waals surface area contributed by atoms with Gasteiger partial charge in [0.2, 0.25) is 0 Å². The maximum Gasteiger partial charge on any atom is 0.411 e. The molecule has 0 radical (unpaired) electrons. The van der Waals surface area contributed by atoms with Gasteiger partial charge in [-0.2, -0.15) is 0 Å². The molecule has 82 valence electrons. The zero-order chi connectivity index (χ0) is 10.6. The first-order chi connectivity index (χ1) is 6.69. The predicted molar refractivity (Wildman–Crippen MR) is 53.4 cm³/mol. The van der Waals surface area contributed by atoms with E-state index in [1.807, 2.05) is 0 Å². The van der Waals surface area contributed by atoms with Gasteiger partial charge in [-0.3, -0.25) is 0 Å². The highest BCUT2D eigenvalue weighted by molar-refractivity contribution is 6.17. The average molecular weight is 222 g/mol. The Morgan fingerprint density at radius 1 is 1.64 bits per heavy atom. The first-order valence-electron chi connectivity index (χ1n) is 4.69. The van der Waals surface area contributed by atoms with Crippen LogP contribution in [0.5, 0.6) is 0 Å². The van der Waals surface area contributed by atoms with Gasteiger partial charge in [0.25, 0.3) is 0 Å². The van der Waals surface area contributed by atoms with E-state index in [4.69, 9.17) is 21.1 Å². The average Bonchev–Trinajstić information content (AvgIpc) is 2.19. The smallest absolute Gasteiger partial charge is 0.411 e. The fourth-order valence-corrected chi connectivity index (χ4v) is 1.74. The summed E-state index contributed by atoms with van der Waals surface area (Å²) in [5, 5.41) is 0. The summed E-state index contributed by atoms with van der Waals surface area (Å²) < 4.78 is 9.99. The lowest BCUT2D eigenvalue weighted by molar-refractivity contribution is -0.00401. The van der Waals surface area contributed by atoms with Crippen molar-refractivity contribution in [2.45, 2.75) is 19.4 Å². The molecular weight excluding hydrogens is 206 g/mol. The number of nitrogens with zero attached hydrogens (tertiary/aromatic N) is 1. The summed E-state index contributed by atoms with van der Waals surface area (Å²) in [6.07, 6.45) is 0.691. The summed E-state index contributed by atoms with van der Waals surface area (Å²) in [7, 11) is 1.66. The first-order valence-corrected chi connectivity index (χ1v) is 5.23. The number of rotatable bonds is 2. The van der Waals surface area contributed by atoms with Crippen LogP contribution in [-0.4, -0.2) is 43.4 Å². The van der Waals surface area contributed by atoms with Crippen molar-refractivity contribution in [1.82, 2.24) is 4.90 Å². The molecule has 0 aromatic rings. The highest BCUT2D eigenvalue weighted by Crippen LogP contribution is 2.19. The minimum Gasteiger partial charge on any atom is -0.433 e. The number of carbonyl (C=O) groups excluding carboxylic acids is 1. The molecule has 0 bridgehead atoms. The molecule has 14 heavy (non-hydrogen) atoms. The van der Waals surface area contributed by atoms with Gasteiger partial charge >= 0.3 is 6.09 Å². The molecule has 1 aliphatic heterocycles. The van der Waals surface area contributed by atoms with Crippen LogP contribution in [0, 0.1) is 5.92 Å².